The highest BCUT2D eigenvalue weighted by molar-refractivity contribution is 9.10. The van der Waals surface area contributed by atoms with Gasteiger partial charge in [0, 0.05) is 22.5 Å². The fourth-order valence-electron chi connectivity index (χ4n) is 2.93. The zero-order valence-electron chi connectivity index (χ0n) is 14.6. The molecule has 0 radical (unpaired) electrons. The largest absolute Gasteiger partial charge is 0.306 e. The molecule has 0 aliphatic carbocycles. The van der Waals surface area contributed by atoms with E-state index in [1.807, 2.05) is 68.4 Å². The lowest BCUT2D eigenvalue weighted by molar-refractivity contribution is 0.0953. The lowest BCUT2D eigenvalue weighted by Gasteiger charge is -2.25. The van der Waals surface area contributed by atoms with E-state index in [0.29, 0.717) is 5.82 Å². The number of H-pyrrole nitrogens is 1. The normalized spacial score (nSPS) is 11.3. The fourth-order valence-corrected chi connectivity index (χ4v) is 3.75. The van der Waals surface area contributed by atoms with Crippen LogP contribution in [0.25, 0.3) is 11.4 Å². The van der Waals surface area contributed by atoms with Gasteiger partial charge in [-0.3, -0.25) is 9.59 Å². The third kappa shape index (κ3) is 3.99. The van der Waals surface area contributed by atoms with Crippen LogP contribution in [0.3, 0.4) is 0 Å². The number of ketones is 1. The molecule has 0 amide bonds. The quantitative estimate of drug-likeness (QED) is 0.617. The second-order valence-corrected chi connectivity index (χ2v) is 7.66. The second kappa shape index (κ2) is 7.38. The third-order valence-corrected chi connectivity index (χ3v) is 4.97. The number of nitrogens with zero attached hydrogens (tertiary/aromatic N) is 1. The van der Waals surface area contributed by atoms with Gasteiger partial charge in [-0.15, -0.1) is 0 Å². The minimum atomic E-state index is -0.394. The molecule has 0 saturated carbocycles. The number of benzene rings is 2. The lowest BCUT2D eigenvalue weighted by atomic mass is 9.80. The van der Waals surface area contributed by atoms with Gasteiger partial charge >= 0.3 is 0 Å². The summed E-state index contributed by atoms with van der Waals surface area (Å²) in [6.45, 7) is 4.02. The molecule has 0 aliphatic rings. The molecule has 4 nitrogen and oxygen atoms in total. The number of hydrogen-bond donors (Lipinski definition) is 1. The van der Waals surface area contributed by atoms with Crippen LogP contribution in [-0.2, 0) is 5.41 Å². The van der Waals surface area contributed by atoms with Gasteiger partial charge in [-0.05, 0) is 17.0 Å². The van der Waals surface area contributed by atoms with Crippen LogP contribution in [0.4, 0.5) is 0 Å². The van der Waals surface area contributed by atoms with Gasteiger partial charge in [-0.2, -0.15) is 0 Å². The van der Waals surface area contributed by atoms with Crippen LogP contribution in [0.15, 0.2) is 69.9 Å². The van der Waals surface area contributed by atoms with Crippen molar-refractivity contribution in [3.8, 4) is 11.4 Å². The number of hydrogen-bond acceptors (Lipinski definition) is 3. The van der Waals surface area contributed by atoms with Crippen LogP contribution >= 0.6 is 15.9 Å². The Morgan fingerprint density at radius 2 is 1.73 bits per heavy atom. The molecule has 2 aromatic carbocycles. The van der Waals surface area contributed by atoms with Crippen molar-refractivity contribution >= 4 is 21.7 Å². The molecular weight excluding hydrogens is 392 g/mol. The number of aromatic amines is 1. The Morgan fingerprint density at radius 1 is 1.08 bits per heavy atom. The Hall–Kier alpha value is -2.53. The van der Waals surface area contributed by atoms with E-state index >= 15 is 0 Å². The molecule has 3 aromatic rings. The average molecular weight is 411 g/mol. The van der Waals surface area contributed by atoms with E-state index in [-0.39, 0.29) is 23.5 Å². The van der Waals surface area contributed by atoms with Crippen LogP contribution in [0.1, 0.15) is 36.3 Å². The predicted molar refractivity (Wildman–Crippen MR) is 106 cm³/mol. The number of halogens is 1. The van der Waals surface area contributed by atoms with E-state index in [2.05, 4.69) is 25.9 Å². The molecule has 26 heavy (non-hydrogen) atoms. The molecule has 0 spiro atoms. The van der Waals surface area contributed by atoms with E-state index in [4.69, 9.17) is 0 Å². The van der Waals surface area contributed by atoms with Crippen molar-refractivity contribution in [2.24, 2.45) is 0 Å². The van der Waals surface area contributed by atoms with Gasteiger partial charge in [0.1, 0.15) is 11.5 Å². The summed E-state index contributed by atoms with van der Waals surface area (Å²) in [4.78, 5) is 32.0. The molecule has 0 unspecified atom stereocenters. The highest BCUT2D eigenvalue weighted by atomic mass is 79.9. The van der Waals surface area contributed by atoms with Crippen molar-refractivity contribution in [2.45, 2.75) is 25.7 Å². The van der Waals surface area contributed by atoms with Gasteiger partial charge in [0.2, 0.25) is 0 Å². The standard InChI is InChI=1S/C21H19BrN2O2/c1-21(2,15-10-6-7-11-16(15)22)13-18(25)17-12-19(26)24-20(23-17)14-8-4-3-5-9-14/h3-12H,13H2,1-2H3,(H,23,24,26). The SMILES string of the molecule is CC(C)(CC(=O)c1cc(=O)[nH]c(-c2ccccc2)n1)c1ccccc1Br. The molecule has 1 N–H and O–H groups in total. The summed E-state index contributed by atoms with van der Waals surface area (Å²) in [6, 6.07) is 18.4. The van der Waals surface area contributed by atoms with Crippen molar-refractivity contribution in [3.63, 3.8) is 0 Å². The minimum Gasteiger partial charge on any atom is -0.306 e. The van der Waals surface area contributed by atoms with E-state index < -0.39 is 5.41 Å². The Balaban J connectivity index is 1.92. The van der Waals surface area contributed by atoms with E-state index in [1.54, 1.807) is 0 Å². The Kier molecular flexibility index (Phi) is 5.18. The molecule has 132 valence electrons. The van der Waals surface area contributed by atoms with Gasteiger partial charge in [0.25, 0.3) is 5.56 Å². The number of carbonyl (C=O) groups excluding carboxylic acids is 1. The van der Waals surface area contributed by atoms with Crippen LogP contribution < -0.4 is 5.56 Å². The summed E-state index contributed by atoms with van der Waals surface area (Å²) in [7, 11) is 0. The zero-order valence-corrected chi connectivity index (χ0v) is 16.2. The highest BCUT2D eigenvalue weighted by Crippen LogP contribution is 2.33. The van der Waals surface area contributed by atoms with E-state index in [0.717, 1.165) is 15.6 Å². The summed E-state index contributed by atoms with van der Waals surface area (Å²) in [5, 5.41) is 0. The molecule has 0 saturated heterocycles. The number of nitrogens with one attached hydrogen (secondary N) is 1. The maximum Gasteiger partial charge on any atom is 0.251 e. The topological polar surface area (TPSA) is 62.8 Å². The van der Waals surface area contributed by atoms with Crippen molar-refractivity contribution < 1.29 is 4.79 Å². The van der Waals surface area contributed by atoms with E-state index in [1.165, 1.54) is 6.07 Å². The minimum absolute atomic E-state index is 0.158. The van der Waals surface area contributed by atoms with E-state index in [9.17, 15) is 9.59 Å². The molecule has 0 aliphatic heterocycles. The summed E-state index contributed by atoms with van der Waals surface area (Å²) in [6.07, 6.45) is 0.250. The smallest absolute Gasteiger partial charge is 0.251 e. The third-order valence-electron chi connectivity index (χ3n) is 4.28. The lowest BCUT2D eigenvalue weighted by Crippen LogP contribution is -2.24. The number of carbonyl (C=O) groups is 1. The maximum absolute atomic E-state index is 12.9. The van der Waals surface area contributed by atoms with Crippen molar-refractivity contribution in [1.82, 2.24) is 9.97 Å². The van der Waals surface area contributed by atoms with Gasteiger partial charge < -0.3 is 4.98 Å². The Bertz CT molecular complexity index is 994. The zero-order chi connectivity index (χ0) is 18.7. The number of Topliss-reactive ketones (excluding diaryl/α,β-unsaturated/α-hetero) is 1. The molecule has 0 atom stereocenters. The molecule has 3 rings (SSSR count). The van der Waals surface area contributed by atoms with Gasteiger partial charge in [-0.25, -0.2) is 4.98 Å². The second-order valence-electron chi connectivity index (χ2n) is 6.81. The first-order chi connectivity index (χ1) is 12.4. The molecule has 0 fully saturated rings. The van der Waals surface area contributed by atoms with Crippen molar-refractivity contribution in [2.75, 3.05) is 0 Å². The molecule has 1 heterocycles. The van der Waals surface area contributed by atoms with Crippen molar-refractivity contribution in [3.05, 3.63) is 86.7 Å². The molecule has 0 bridgehead atoms. The first-order valence-electron chi connectivity index (χ1n) is 8.32. The van der Waals surface area contributed by atoms with Crippen LogP contribution in [0.5, 0.6) is 0 Å². The maximum atomic E-state index is 12.9. The average Bonchev–Trinajstić information content (AvgIpc) is 2.62. The Morgan fingerprint density at radius 3 is 2.42 bits per heavy atom. The summed E-state index contributed by atoms with van der Waals surface area (Å²) in [5.74, 6) is 0.245. The fraction of sp³-hybridized carbons (Fsp3) is 0.190. The summed E-state index contributed by atoms with van der Waals surface area (Å²) in [5.41, 5.74) is 1.27. The highest BCUT2D eigenvalue weighted by Gasteiger charge is 2.27. The van der Waals surface area contributed by atoms with Crippen molar-refractivity contribution in [1.29, 1.82) is 0 Å². The van der Waals surface area contributed by atoms with Gasteiger partial charge in [-0.1, -0.05) is 78.3 Å². The molecule has 1 aromatic heterocycles. The molecule has 5 heteroatoms. The molecular formula is C21H19BrN2O2. The first kappa shape index (κ1) is 18.3. The van der Waals surface area contributed by atoms with Gasteiger partial charge in [0.05, 0.1) is 0 Å². The van der Waals surface area contributed by atoms with Crippen LogP contribution in [-0.4, -0.2) is 15.8 Å². The summed E-state index contributed by atoms with van der Waals surface area (Å²) >= 11 is 3.55. The van der Waals surface area contributed by atoms with Gasteiger partial charge in [0.15, 0.2) is 5.78 Å². The predicted octanol–water partition coefficient (Wildman–Crippen LogP) is 4.75. The first-order valence-corrected chi connectivity index (χ1v) is 9.11. The summed E-state index contributed by atoms with van der Waals surface area (Å²) < 4.78 is 0.960. The Labute approximate surface area is 160 Å². The van der Waals surface area contributed by atoms with Crippen LogP contribution in [0.2, 0.25) is 0 Å². The number of aromatic nitrogens is 2. The monoisotopic (exact) mass is 410 g/mol. The van der Waals surface area contributed by atoms with Crippen LogP contribution in [0, 0.1) is 0 Å². The number of rotatable bonds is 5.